The van der Waals surface area contributed by atoms with Gasteiger partial charge in [-0.15, -0.1) is 0 Å². The van der Waals surface area contributed by atoms with Crippen LogP contribution in [-0.2, 0) is 9.84 Å². The summed E-state index contributed by atoms with van der Waals surface area (Å²) in [4.78, 5) is 0.281. The van der Waals surface area contributed by atoms with Crippen molar-refractivity contribution in [2.45, 2.75) is 18.7 Å². The number of rotatable bonds is 4. The number of sulfone groups is 1. The molecule has 0 bridgehead atoms. The lowest BCUT2D eigenvalue weighted by Gasteiger charge is -2.10. The van der Waals surface area contributed by atoms with E-state index < -0.39 is 9.84 Å². The standard InChI is InChI=1S/C17H19N3O2S2/c1-12-6-4-5-7-16(12)18-17(23)20-19-13(2)14-8-10-15(11-9-14)24(3,21)22/h4-11H,1-3H3,(H2,18,20,23)/b19-13-. The van der Waals surface area contributed by atoms with E-state index in [9.17, 15) is 8.42 Å². The van der Waals surface area contributed by atoms with Gasteiger partial charge in [0.15, 0.2) is 14.9 Å². The van der Waals surface area contributed by atoms with Gasteiger partial charge in [-0.05, 0) is 55.4 Å². The first-order valence-electron chi connectivity index (χ1n) is 7.25. The van der Waals surface area contributed by atoms with Crippen LogP contribution >= 0.6 is 12.2 Å². The first-order valence-corrected chi connectivity index (χ1v) is 9.55. The minimum Gasteiger partial charge on any atom is -0.331 e. The van der Waals surface area contributed by atoms with E-state index >= 15 is 0 Å². The first kappa shape index (κ1) is 18.1. The number of hydrogen-bond donors (Lipinski definition) is 2. The Bertz CT molecular complexity index is 873. The summed E-state index contributed by atoms with van der Waals surface area (Å²) in [6, 6.07) is 14.4. The van der Waals surface area contributed by atoms with E-state index in [1.165, 1.54) is 6.26 Å². The van der Waals surface area contributed by atoms with E-state index in [-0.39, 0.29) is 4.90 Å². The van der Waals surface area contributed by atoms with Gasteiger partial charge in [0.25, 0.3) is 0 Å². The Morgan fingerprint density at radius 3 is 2.29 bits per heavy atom. The summed E-state index contributed by atoms with van der Waals surface area (Å²) in [5.41, 5.74) is 6.30. The lowest BCUT2D eigenvalue weighted by Crippen LogP contribution is -2.25. The molecular formula is C17H19N3O2S2. The van der Waals surface area contributed by atoms with Crippen molar-refractivity contribution in [3.63, 3.8) is 0 Å². The van der Waals surface area contributed by atoms with Crippen LogP contribution in [0.5, 0.6) is 0 Å². The predicted octanol–water partition coefficient (Wildman–Crippen LogP) is 3.11. The van der Waals surface area contributed by atoms with Crippen molar-refractivity contribution in [1.29, 1.82) is 0 Å². The van der Waals surface area contributed by atoms with Gasteiger partial charge in [0, 0.05) is 11.9 Å². The predicted molar refractivity (Wildman–Crippen MR) is 102 cm³/mol. The van der Waals surface area contributed by atoms with E-state index in [0.29, 0.717) is 10.8 Å². The summed E-state index contributed by atoms with van der Waals surface area (Å²) in [6.45, 7) is 3.81. The number of hydrazone groups is 1. The summed E-state index contributed by atoms with van der Waals surface area (Å²) < 4.78 is 22.9. The number of nitrogens with one attached hydrogen (secondary N) is 2. The molecule has 0 aliphatic heterocycles. The fourth-order valence-corrected chi connectivity index (χ4v) is 2.79. The Balaban J connectivity index is 2.03. The number of thiocarbonyl (C=S) groups is 1. The van der Waals surface area contributed by atoms with Crippen molar-refractivity contribution >= 4 is 38.6 Å². The third-order valence-corrected chi connectivity index (χ3v) is 4.74. The maximum atomic E-state index is 11.5. The van der Waals surface area contributed by atoms with E-state index in [2.05, 4.69) is 15.8 Å². The van der Waals surface area contributed by atoms with Gasteiger partial charge in [-0.3, -0.25) is 5.43 Å². The van der Waals surface area contributed by atoms with Crippen molar-refractivity contribution < 1.29 is 8.42 Å². The average molecular weight is 361 g/mol. The monoisotopic (exact) mass is 361 g/mol. The van der Waals surface area contributed by atoms with Gasteiger partial charge in [-0.1, -0.05) is 30.3 Å². The largest absolute Gasteiger partial charge is 0.331 e. The summed E-state index contributed by atoms with van der Waals surface area (Å²) in [5, 5.41) is 7.69. The molecule has 0 fully saturated rings. The minimum atomic E-state index is -3.20. The highest BCUT2D eigenvalue weighted by molar-refractivity contribution is 7.90. The number of benzene rings is 2. The van der Waals surface area contributed by atoms with Gasteiger partial charge in [0.05, 0.1) is 10.6 Å². The Morgan fingerprint density at radius 2 is 1.71 bits per heavy atom. The third-order valence-electron chi connectivity index (χ3n) is 3.42. The van der Waals surface area contributed by atoms with Crippen LogP contribution in [0.25, 0.3) is 0 Å². The third kappa shape index (κ3) is 4.87. The topological polar surface area (TPSA) is 70.6 Å². The number of hydrogen-bond acceptors (Lipinski definition) is 4. The second kappa shape index (κ2) is 7.55. The molecule has 0 aromatic heterocycles. The quantitative estimate of drug-likeness (QED) is 0.497. The van der Waals surface area contributed by atoms with Crippen LogP contribution in [0.15, 0.2) is 58.5 Å². The second-order valence-electron chi connectivity index (χ2n) is 5.37. The van der Waals surface area contributed by atoms with Gasteiger partial charge in [0.2, 0.25) is 0 Å². The molecule has 2 aromatic rings. The van der Waals surface area contributed by atoms with Crippen molar-refractivity contribution in [3.05, 3.63) is 59.7 Å². The van der Waals surface area contributed by atoms with Gasteiger partial charge >= 0.3 is 0 Å². The molecule has 126 valence electrons. The zero-order valence-electron chi connectivity index (χ0n) is 13.7. The highest BCUT2D eigenvalue weighted by atomic mass is 32.2. The van der Waals surface area contributed by atoms with Crippen LogP contribution in [0.4, 0.5) is 5.69 Å². The molecule has 2 aromatic carbocycles. The summed E-state index contributed by atoms with van der Waals surface area (Å²) in [6.07, 6.45) is 1.18. The molecule has 2 N–H and O–H groups in total. The van der Waals surface area contributed by atoms with E-state index in [4.69, 9.17) is 12.2 Å². The van der Waals surface area contributed by atoms with Crippen LogP contribution in [0.1, 0.15) is 18.1 Å². The van der Waals surface area contributed by atoms with Crippen molar-refractivity contribution in [2.24, 2.45) is 5.10 Å². The Labute approximate surface area is 147 Å². The molecular weight excluding hydrogens is 342 g/mol. The molecule has 0 aliphatic carbocycles. The highest BCUT2D eigenvalue weighted by Crippen LogP contribution is 2.13. The van der Waals surface area contributed by atoms with Crippen LogP contribution in [0, 0.1) is 6.92 Å². The Morgan fingerprint density at radius 1 is 1.08 bits per heavy atom. The Kier molecular flexibility index (Phi) is 5.69. The van der Waals surface area contributed by atoms with Gasteiger partial charge in [0.1, 0.15) is 0 Å². The average Bonchev–Trinajstić information content (AvgIpc) is 2.54. The first-order chi connectivity index (χ1) is 11.3. The lowest BCUT2D eigenvalue weighted by molar-refractivity contribution is 0.602. The normalized spacial score (nSPS) is 11.9. The molecule has 0 saturated carbocycles. The molecule has 0 saturated heterocycles. The van der Waals surface area contributed by atoms with Gasteiger partial charge in [-0.25, -0.2) is 8.42 Å². The molecule has 0 unspecified atom stereocenters. The minimum absolute atomic E-state index is 0.281. The second-order valence-corrected chi connectivity index (χ2v) is 7.80. The molecule has 0 aliphatic rings. The number of nitrogens with zero attached hydrogens (tertiary/aromatic N) is 1. The SMILES string of the molecule is C/C(=N/NC(=S)Nc1ccccc1C)c1ccc(S(C)(=O)=O)cc1. The molecule has 0 spiro atoms. The van der Waals surface area contributed by atoms with Gasteiger partial charge in [-0.2, -0.15) is 5.10 Å². The zero-order valence-corrected chi connectivity index (χ0v) is 15.3. The molecule has 7 heteroatoms. The maximum absolute atomic E-state index is 11.5. The van der Waals surface area contributed by atoms with E-state index in [0.717, 1.165) is 16.8 Å². The van der Waals surface area contributed by atoms with Crippen molar-refractivity contribution in [3.8, 4) is 0 Å². The fourth-order valence-electron chi connectivity index (χ4n) is 2.01. The van der Waals surface area contributed by atoms with Crippen molar-refractivity contribution in [1.82, 2.24) is 5.43 Å². The maximum Gasteiger partial charge on any atom is 0.191 e. The molecule has 5 nitrogen and oxygen atoms in total. The number of anilines is 1. The number of aryl methyl sites for hydroxylation is 1. The molecule has 0 radical (unpaired) electrons. The highest BCUT2D eigenvalue weighted by Gasteiger charge is 2.07. The van der Waals surface area contributed by atoms with E-state index in [1.54, 1.807) is 24.3 Å². The van der Waals surface area contributed by atoms with E-state index in [1.807, 2.05) is 38.1 Å². The van der Waals surface area contributed by atoms with Crippen LogP contribution in [0.3, 0.4) is 0 Å². The molecule has 0 amide bonds. The molecule has 0 atom stereocenters. The lowest BCUT2D eigenvalue weighted by atomic mass is 10.1. The molecule has 2 rings (SSSR count). The summed E-state index contributed by atoms with van der Waals surface area (Å²) in [5.74, 6) is 0. The smallest absolute Gasteiger partial charge is 0.191 e. The van der Waals surface area contributed by atoms with Crippen LogP contribution in [-0.4, -0.2) is 25.5 Å². The summed E-state index contributed by atoms with van der Waals surface area (Å²) in [7, 11) is -3.20. The fraction of sp³-hybridized carbons (Fsp3) is 0.176. The van der Waals surface area contributed by atoms with Crippen LogP contribution in [0.2, 0.25) is 0 Å². The summed E-state index contributed by atoms with van der Waals surface area (Å²) >= 11 is 5.22. The number of para-hydroxylation sites is 1. The zero-order chi connectivity index (χ0) is 17.7. The molecule has 24 heavy (non-hydrogen) atoms. The van der Waals surface area contributed by atoms with Crippen molar-refractivity contribution in [2.75, 3.05) is 11.6 Å². The Hall–Kier alpha value is -2.25. The van der Waals surface area contributed by atoms with Crippen LogP contribution < -0.4 is 10.7 Å². The van der Waals surface area contributed by atoms with Gasteiger partial charge < -0.3 is 5.32 Å². The molecule has 0 heterocycles.